The molecule has 2 amide bonds. The van der Waals surface area contributed by atoms with Gasteiger partial charge in [0, 0.05) is 29.6 Å². The molecule has 1 saturated heterocycles. The molecule has 7 nitrogen and oxygen atoms in total. The Bertz CT molecular complexity index is 907. The van der Waals surface area contributed by atoms with E-state index in [0.29, 0.717) is 35.5 Å². The van der Waals surface area contributed by atoms with Crippen LogP contribution in [0.25, 0.3) is 0 Å². The number of carbonyl (C=O) groups is 2. The van der Waals surface area contributed by atoms with Gasteiger partial charge in [0.05, 0.1) is 5.92 Å². The zero-order valence-corrected chi connectivity index (χ0v) is 18.1. The molecule has 8 heteroatoms. The molecule has 4 rings (SSSR count). The van der Waals surface area contributed by atoms with Gasteiger partial charge in [-0.05, 0) is 55.9 Å². The molecular weight excluding hydrogens is 404 g/mol. The molecule has 0 bridgehead atoms. The first kappa shape index (κ1) is 20.8. The number of piperidine rings is 1. The lowest BCUT2D eigenvalue weighted by Gasteiger charge is -2.33. The van der Waals surface area contributed by atoms with E-state index in [2.05, 4.69) is 15.5 Å². The van der Waals surface area contributed by atoms with Crippen LogP contribution in [0.15, 0.2) is 28.8 Å². The number of likely N-dealkylation sites (tertiary alicyclic amines) is 1. The third-order valence-corrected chi connectivity index (χ3v) is 6.05. The first-order valence-electron chi connectivity index (χ1n) is 10.6. The normalized spacial score (nSPS) is 20.3. The predicted octanol–water partition coefficient (Wildman–Crippen LogP) is 3.97. The fourth-order valence-electron chi connectivity index (χ4n) is 3.82. The Labute approximate surface area is 181 Å². The quantitative estimate of drug-likeness (QED) is 0.749. The van der Waals surface area contributed by atoms with Crippen LogP contribution in [0.4, 0.5) is 0 Å². The Kier molecular flexibility index (Phi) is 6.09. The number of halogens is 1. The minimum atomic E-state index is -0.333. The van der Waals surface area contributed by atoms with Crippen molar-refractivity contribution in [2.24, 2.45) is 11.8 Å². The van der Waals surface area contributed by atoms with Crippen molar-refractivity contribution in [3.63, 3.8) is 0 Å². The monoisotopic (exact) mass is 430 g/mol. The van der Waals surface area contributed by atoms with Crippen LogP contribution < -0.4 is 5.32 Å². The summed E-state index contributed by atoms with van der Waals surface area (Å²) in [5, 5.41) is 7.76. The van der Waals surface area contributed by atoms with Crippen LogP contribution in [-0.4, -0.2) is 39.9 Å². The number of hydrogen-bond acceptors (Lipinski definition) is 5. The van der Waals surface area contributed by atoms with Crippen molar-refractivity contribution in [2.75, 3.05) is 13.1 Å². The van der Waals surface area contributed by atoms with E-state index in [-0.39, 0.29) is 29.7 Å². The van der Waals surface area contributed by atoms with Crippen LogP contribution in [0.5, 0.6) is 0 Å². The number of rotatable bonds is 6. The van der Waals surface area contributed by atoms with E-state index in [1.165, 1.54) is 0 Å². The maximum Gasteiger partial charge on any atom is 0.253 e. The van der Waals surface area contributed by atoms with Gasteiger partial charge < -0.3 is 14.7 Å². The Morgan fingerprint density at radius 1 is 1.20 bits per heavy atom. The molecule has 2 unspecified atom stereocenters. The molecule has 2 fully saturated rings. The number of benzene rings is 1. The fraction of sp³-hybridized carbons (Fsp3) is 0.545. The van der Waals surface area contributed by atoms with Gasteiger partial charge in [0.15, 0.2) is 5.82 Å². The zero-order valence-electron chi connectivity index (χ0n) is 17.3. The molecule has 0 radical (unpaired) electrons. The van der Waals surface area contributed by atoms with Crippen LogP contribution in [0.3, 0.4) is 0 Å². The molecular formula is C22H27ClN4O3. The number of aromatic nitrogens is 2. The minimum Gasteiger partial charge on any atom is -0.344 e. The van der Waals surface area contributed by atoms with Crippen LogP contribution >= 0.6 is 11.6 Å². The first-order valence-corrected chi connectivity index (χ1v) is 11.0. The average molecular weight is 431 g/mol. The van der Waals surface area contributed by atoms with E-state index >= 15 is 0 Å². The van der Waals surface area contributed by atoms with Crippen LogP contribution in [0, 0.1) is 11.8 Å². The van der Waals surface area contributed by atoms with Gasteiger partial charge in [0.2, 0.25) is 11.8 Å². The molecule has 2 heterocycles. The van der Waals surface area contributed by atoms with Crippen LogP contribution in [0.2, 0.25) is 5.02 Å². The lowest BCUT2D eigenvalue weighted by molar-refractivity contribution is -0.127. The van der Waals surface area contributed by atoms with Gasteiger partial charge in [-0.15, -0.1) is 0 Å². The lowest BCUT2D eigenvalue weighted by Crippen LogP contribution is -2.46. The summed E-state index contributed by atoms with van der Waals surface area (Å²) in [5.74, 6) is 1.30. The smallest absolute Gasteiger partial charge is 0.253 e. The van der Waals surface area contributed by atoms with Gasteiger partial charge in [0.25, 0.3) is 5.91 Å². The third kappa shape index (κ3) is 4.67. The molecule has 1 N–H and O–H groups in total. The summed E-state index contributed by atoms with van der Waals surface area (Å²) in [5.41, 5.74) is 0.582. The summed E-state index contributed by atoms with van der Waals surface area (Å²) < 4.78 is 5.45. The molecule has 30 heavy (non-hydrogen) atoms. The molecule has 1 aliphatic carbocycles. The van der Waals surface area contributed by atoms with Gasteiger partial charge >= 0.3 is 0 Å². The van der Waals surface area contributed by atoms with Crippen molar-refractivity contribution in [3.8, 4) is 0 Å². The Hall–Kier alpha value is -2.41. The molecule has 160 valence electrons. The molecule has 1 aromatic carbocycles. The second-order valence-corrected chi connectivity index (χ2v) is 9.03. The lowest BCUT2D eigenvalue weighted by atomic mass is 9.95. The van der Waals surface area contributed by atoms with E-state index in [9.17, 15) is 9.59 Å². The van der Waals surface area contributed by atoms with Crippen molar-refractivity contribution in [1.82, 2.24) is 20.4 Å². The molecule has 1 aliphatic heterocycles. The molecule has 0 spiro atoms. The van der Waals surface area contributed by atoms with Crippen molar-refractivity contribution in [3.05, 3.63) is 46.6 Å². The molecule has 2 aliphatic rings. The summed E-state index contributed by atoms with van der Waals surface area (Å²) in [4.78, 5) is 32.1. The summed E-state index contributed by atoms with van der Waals surface area (Å²) in [7, 11) is 0. The second-order valence-electron chi connectivity index (χ2n) is 8.59. The molecule has 1 aromatic heterocycles. The van der Waals surface area contributed by atoms with Gasteiger partial charge in [-0.1, -0.05) is 30.6 Å². The van der Waals surface area contributed by atoms with Gasteiger partial charge in [-0.3, -0.25) is 9.59 Å². The van der Waals surface area contributed by atoms with E-state index in [4.69, 9.17) is 16.1 Å². The Morgan fingerprint density at radius 3 is 2.60 bits per heavy atom. The topological polar surface area (TPSA) is 88.3 Å². The summed E-state index contributed by atoms with van der Waals surface area (Å²) >= 11 is 5.92. The fourth-order valence-corrected chi connectivity index (χ4v) is 3.94. The SMILES string of the molecule is CC(C)C(NC(=O)C1CCCN(C(=O)c2ccc(Cl)cc2)C1)c1nc(C2CC2)no1. The zero-order chi connectivity index (χ0) is 21.3. The number of carbonyl (C=O) groups excluding carboxylic acids is 2. The minimum absolute atomic E-state index is 0.0736. The van der Waals surface area contributed by atoms with Crippen molar-refractivity contribution < 1.29 is 14.1 Å². The third-order valence-electron chi connectivity index (χ3n) is 5.80. The highest BCUT2D eigenvalue weighted by atomic mass is 35.5. The van der Waals surface area contributed by atoms with E-state index in [0.717, 1.165) is 31.5 Å². The highest BCUT2D eigenvalue weighted by Crippen LogP contribution is 2.38. The Morgan fingerprint density at radius 2 is 1.93 bits per heavy atom. The maximum atomic E-state index is 13.0. The second kappa shape index (κ2) is 8.76. The standard InChI is InChI=1S/C22H27ClN4O3/c1-13(2)18(21-25-19(26-30-21)14-5-6-14)24-20(28)16-4-3-11-27(12-16)22(29)15-7-9-17(23)10-8-15/h7-10,13-14,16,18H,3-6,11-12H2,1-2H3,(H,24,28). The summed E-state index contributed by atoms with van der Waals surface area (Å²) in [6.07, 6.45) is 3.73. The predicted molar refractivity (Wildman–Crippen MR) is 112 cm³/mol. The summed E-state index contributed by atoms with van der Waals surface area (Å²) in [6.45, 7) is 5.08. The first-order chi connectivity index (χ1) is 14.4. The number of nitrogens with zero attached hydrogens (tertiary/aromatic N) is 3. The molecule has 2 aromatic rings. The maximum absolute atomic E-state index is 13.0. The van der Waals surface area contributed by atoms with Gasteiger partial charge in [-0.2, -0.15) is 4.98 Å². The van der Waals surface area contributed by atoms with E-state index < -0.39 is 0 Å². The molecule has 2 atom stereocenters. The molecule has 1 saturated carbocycles. The number of amides is 2. The number of hydrogen-bond donors (Lipinski definition) is 1. The van der Waals surface area contributed by atoms with Gasteiger partial charge in [-0.25, -0.2) is 0 Å². The van der Waals surface area contributed by atoms with Crippen LogP contribution in [-0.2, 0) is 4.79 Å². The van der Waals surface area contributed by atoms with E-state index in [1.807, 2.05) is 13.8 Å². The van der Waals surface area contributed by atoms with Crippen molar-refractivity contribution >= 4 is 23.4 Å². The highest BCUT2D eigenvalue weighted by Gasteiger charge is 2.34. The van der Waals surface area contributed by atoms with Crippen LogP contribution in [0.1, 0.15) is 73.6 Å². The summed E-state index contributed by atoms with van der Waals surface area (Å²) in [6, 6.07) is 6.51. The van der Waals surface area contributed by atoms with E-state index in [1.54, 1.807) is 29.2 Å². The number of nitrogens with one attached hydrogen (secondary N) is 1. The van der Waals surface area contributed by atoms with Crippen molar-refractivity contribution in [1.29, 1.82) is 0 Å². The highest BCUT2D eigenvalue weighted by molar-refractivity contribution is 6.30. The largest absolute Gasteiger partial charge is 0.344 e. The van der Waals surface area contributed by atoms with Crippen molar-refractivity contribution in [2.45, 2.75) is 51.5 Å². The Balaban J connectivity index is 1.41. The average Bonchev–Trinajstić information content (AvgIpc) is 3.49. The van der Waals surface area contributed by atoms with Gasteiger partial charge in [0.1, 0.15) is 6.04 Å².